The maximum absolute atomic E-state index is 12.1. The van der Waals surface area contributed by atoms with Gasteiger partial charge in [0.15, 0.2) is 5.78 Å². The summed E-state index contributed by atoms with van der Waals surface area (Å²) in [7, 11) is 0. The van der Waals surface area contributed by atoms with Crippen LogP contribution in [0.2, 0.25) is 5.02 Å². The first kappa shape index (κ1) is 15.6. The molecular formula is C18H19ClO2. The van der Waals surface area contributed by atoms with Crippen molar-refractivity contribution in [2.75, 3.05) is 0 Å². The van der Waals surface area contributed by atoms with E-state index in [1.54, 1.807) is 36.4 Å². The van der Waals surface area contributed by atoms with Crippen LogP contribution in [0.5, 0.6) is 11.5 Å². The van der Waals surface area contributed by atoms with Gasteiger partial charge in [-0.1, -0.05) is 32.4 Å². The average molecular weight is 303 g/mol. The minimum Gasteiger partial charge on any atom is -0.457 e. The Hall–Kier alpha value is -1.80. The van der Waals surface area contributed by atoms with Gasteiger partial charge in [-0.05, 0) is 53.9 Å². The number of ketones is 1. The molecule has 0 amide bonds. The summed E-state index contributed by atoms with van der Waals surface area (Å²) < 4.78 is 5.70. The second-order valence-corrected chi connectivity index (χ2v) is 6.68. The molecule has 0 radical (unpaired) electrons. The number of hydrogen-bond acceptors (Lipinski definition) is 2. The lowest BCUT2D eigenvalue weighted by molar-refractivity contribution is 0.0940. The Kier molecular flexibility index (Phi) is 4.69. The third-order valence-electron chi connectivity index (χ3n) is 2.92. The molecule has 0 aliphatic heterocycles. The van der Waals surface area contributed by atoms with Gasteiger partial charge in [0.1, 0.15) is 11.5 Å². The lowest BCUT2D eigenvalue weighted by Crippen LogP contribution is -2.12. The topological polar surface area (TPSA) is 26.3 Å². The number of ether oxygens (including phenoxy) is 1. The zero-order valence-corrected chi connectivity index (χ0v) is 13.3. The quantitative estimate of drug-likeness (QED) is 0.672. The lowest BCUT2D eigenvalue weighted by Gasteiger charge is -2.16. The van der Waals surface area contributed by atoms with Gasteiger partial charge in [-0.15, -0.1) is 0 Å². The molecule has 0 atom stereocenters. The molecule has 2 aromatic rings. The average Bonchev–Trinajstić information content (AvgIpc) is 2.40. The molecule has 0 unspecified atom stereocenters. The highest BCUT2D eigenvalue weighted by molar-refractivity contribution is 6.30. The normalized spacial score (nSPS) is 11.2. The van der Waals surface area contributed by atoms with Crippen LogP contribution in [0.1, 0.15) is 37.6 Å². The highest BCUT2D eigenvalue weighted by atomic mass is 35.5. The molecule has 0 aliphatic rings. The van der Waals surface area contributed by atoms with Gasteiger partial charge in [0.25, 0.3) is 0 Å². The lowest BCUT2D eigenvalue weighted by atomic mass is 9.88. The van der Waals surface area contributed by atoms with E-state index in [0.29, 0.717) is 28.5 Å². The first-order valence-corrected chi connectivity index (χ1v) is 7.28. The number of halogens is 1. The highest BCUT2D eigenvalue weighted by Gasteiger charge is 2.17. The molecule has 0 bridgehead atoms. The Morgan fingerprint density at radius 2 is 1.43 bits per heavy atom. The van der Waals surface area contributed by atoms with Crippen LogP contribution in [0.25, 0.3) is 0 Å². The monoisotopic (exact) mass is 302 g/mol. The van der Waals surface area contributed by atoms with E-state index < -0.39 is 0 Å². The van der Waals surface area contributed by atoms with Crippen molar-refractivity contribution in [3.8, 4) is 11.5 Å². The van der Waals surface area contributed by atoms with Gasteiger partial charge in [0.05, 0.1) is 0 Å². The summed E-state index contributed by atoms with van der Waals surface area (Å²) in [5.74, 6) is 1.57. The smallest absolute Gasteiger partial charge is 0.163 e. The molecule has 2 nitrogen and oxygen atoms in total. The van der Waals surface area contributed by atoms with Crippen LogP contribution in [0.15, 0.2) is 48.5 Å². The molecule has 2 aromatic carbocycles. The second kappa shape index (κ2) is 6.31. The van der Waals surface area contributed by atoms with E-state index in [1.165, 1.54) is 0 Å². The molecule has 0 aromatic heterocycles. The van der Waals surface area contributed by atoms with Crippen LogP contribution in [0.4, 0.5) is 0 Å². The van der Waals surface area contributed by atoms with Crippen molar-refractivity contribution in [1.82, 2.24) is 0 Å². The standard InChI is InChI=1S/C18H19ClO2/c1-18(2,3)12-17(20)13-4-8-15(9-5-13)21-16-10-6-14(19)7-11-16/h4-11H,12H2,1-3H3. The van der Waals surface area contributed by atoms with E-state index in [9.17, 15) is 4.79 Å². The summed E-state index contributed by atoms with van der Waals surface area (Å²) in [5.41, 5.74) is 0.712. The van der Waals surface area contributed by atoms with Gasteiger partial charge in [-0.3, -0.25) is 4.79 Å². The third-order valence-corrected chi connectivity index (χ3v) is 3.17. The predicted octanol–water partition coefficient (Wildman–Crippen LogP) is 5.75. The summed E-state index contributed by atoms with van der Waals surface area (Å²) >= 11 is 5.83. The van der Waals surface area contributed by atoms with Gasteiger partial charge >= 0.3 is 0 Å². The predicted molar refractivity (Wildman–Crippen MR) is 86.4 cm³/mol. The van der Waals surface area contributed by atoms with Crippen LogP contribution >= 0.6 is 11.6 Å². The summed E-state index contributed by atoms with van der Waals surface area (Å²) in [5, 5.41) is 0.672. The Balaban J connectivity index is 2.05. The molecule has 21 heavy (non-hydrogen) atoms. The first-order chi connectivity index (χ1) is 9.83. The van der Waals surface area contributed by atoms with Gasteiger partial charge in [0, 0.05) is 17.0 Å². The van der Waals surface area contributed by atoms with E-state index in [1.807, 2.05) is 12.1 Å². The van der Waals surface area contributed by atoms with Crippen LogP contribution < -0.4 is 4.74 Å². The molecule has 0 heterocycles. The largest absolute Gasteiger partial charge is 0.457 e. The Labute approximate surface area is 130 Å². The molecule has 0 fully saturated rings. The number of benzene rings is 2. The molecule has 0 aliphatic carbocycles. The molecule has 110 valence electrons. The van der Waals surface area contributed by atoms with Crippen LogP contribution in [0.3, 0.4) is 0 Å². The van der Waals surface area contributed by atoms with E-state index in [0.717, 1.165) is 0 Å². The van der Waals surface area contributed by atoms with Gasteiger partial charge in [-0.2, -0.15) is 0 Å². The maximum Gasteiger partial charge on any atom is 0.163 e. The van der Waals surface area contributed by atoms with Gasteiger partial charge < -0.3 is 4.74 Å². The minimum absolute atomic E-state index is 0.00440. The van der Waals surface area contributed by atoms with Crippen LogP contribution in [-0.4, -0.2) is 5.78 Å². The van der Waals surface area contributed by atoms with Gasteiger partial charge in [0.2, 0.25) is 0 Å². The molecule has 0 saturated carbocycles. The van der Waals surface area contributed by atoms with Crippen LogP contribution in [-0.2, 0) is 0 Å². The molecule has 0 N–H and O–H groups in total. The number of carbonyl (C=O) groups excluding carboxylic acids is 1. The van der Waals surface area contributed by atoms with E-state index in [-0.39, 0.29) is 11.2 Å². The highest BCUT2D eigenvalue weighted by Crippen LogP contribution is 2.25. The minimum atomic E-state index is -0.00440. The zero-order valence-electron chi connectivity index (χ0n) is 12.5. The zero-order chi connectivity index (χ0) is 15.5. The van der Waals surface area contributed by atoms with Crippen molar-refractivity contribution in [3.63, 3.8) is 0 Å². The molecule has 3 heteroatoms. The fraction of sp³-hybridized carbons (Fsp3) is 0.278. The summed E-state index contributed by atoms with van der Waals surface area (Å²) in [4.78, 5) is 12.1. The van der Waals surface area contributed by atoms with Crippen molar-refractivity contribution < 1.29 is 9.53 Å². The number of rotatable bonds is 4. The molecule has 0 spiro atoms. The Morgan fingerprint density at radius 3 is 1.90 bits per heavy atom. The number of carbonyl (C=O) groups is 1. The van der Waals surface area contributed by atoms with E-state index in [4.69, 9.17) is 16.3 Å². The van der Waals surface area contributed by atoms with Crippen molar-refractivity contribution >= 4 is 17.4 Å². The fourth-order valence-electron chi connectivity index (χ4n) is 1.93. The van der Waals surface area contributed by atoms with Crippen LogP contribution in [0, 0.1) is 5.41 Å². The van der Waals surface area contributed by atoms with E-state index >= 15 is 0 Å². The van der Waals surface area contributed by atoms with Crippen molar-refractivity contribution in [3.05, 3.63) is 59.1 Å². The van der Waals surface area contributed by atoms with Crippen molar-refractivity contribution in [2.24, 2.45) is 5.41 Å². The Morgan fingerprint density at radius 1 is 0.952 bits per heavy atom. The maximum atomic E-state index is 12.1. The Bertz CT molecular complexity index is 607. The number of hydrogen-bond donors (Lipinski definition) is 0. The number of Topliss-reactive ketones (excluding diaryl/α,β-unsaturated/α-hetero) is 1. The molecule has 0 saturated heterocycles. The van der Waals surface area contributed by atoms with E-state index in [2.05, 4.69) is 20.8 Å². The summed E-state index contributed by atoms with van der Waals surface area (Å²) in [6, 6.07) is 14.4. The SMILES string of the molecule is CC(C)(C)CC(=O)c1ccc(Oc2ccc(Cl)cc2)cc1. The second-order valence-electron chi connectivity index (χ2n) is 6.24. The summed E-state index contributed by atoms with van der Waals surface area (Å²) in [6.45, 7) is 6.18. The van der Waals surface area contributed by atoms with Crippen molar-refractivity contribution in [1.29, 1.82) is 0 Å². The summed E-state index contributed by atoms with van der Waals surface area (Å²) in [6.07, 6.45) is 0.532. The molecule has 2 rings (SSSR count). The van der Waals surface area contributed by atoms with Gasteiger partial charge in [-0.25, -0.2) is 0 Å². The third kappa shape index (κ3) is 4.91. The van der Waals surface area contributed by atoms with Crippen molar-refractivity contribution in [2.45, 2.75) is 27.2 Å². The fourth-order valence-corrected chi connectivity index (χ4v) is 2.06. The first-order valence-electron chi connectivity index (χ1n) is 6.90. The molecular weight excluding hydrogens is 284 g/mol.